The molecule has 0 spiro atoms. The van der Waals surface area contributed by atoms with Gasteiger partial charge in [-0.1, -0.05) is 18.2 Å². The predicted octanol–water partition coefficient (Wildman–Crippen LogP) is 3.68. The van der Waals surface area contributed by atoms with E-state index in [-0.39, 0.29) is 0 Å². The van der Waals surface area contributed by atoms with Crippen LogP contribution < -0.4 is 16.0 Å². The molecule has 1 atom stereocenters. The number of nitrogens with one attached hydrogen (secondary N) is 3. The Morgan fingerprint density at radius 2 is 1.77 bits per heavy atom. The molecular weight excluding hydrogens is 332 g/mol. The number of pyridine rings is 1. The normalized spacial score (nSPS) is 12.0. The van der Waals surface area contributed by atoms with E-state index in [9.17, 15) is 9.59 Å². The van der Waals surface area contributed by atoms with Crippen molar-refractivity contribution in [1.82, 2.24) is 10.3 Å². The van der Waals surface area contributed by atoms with Crippen molar-refractivity contribution in [3.05, 3.63) is 48.7 Å². The van der Waals surface area contributed by atoms with Crippen LogP contribution in [0.5, 0.6) is 0 Å². The van der Waals surface area contributed by atoms with E-state index in [0.717, 1.165) is 5.69 Å². The first-order chi connectivity index (χ1) is 12.2. The Bertz CT molecular complexity index is 757. The van der Waals surface area contributed by atoms with E-state index in [1.165, 1.54) is 0 Å². The number of hydrogen-bond acceptors (Lipinski definition) is 5. The van der Waals surface area contributed by atoms with Gasteiger partial charge in [-0.25, -0.2) is 9.78 Å². The minimum Gasteiger partial charge on any atom is -0.444 e. The van der Waals surface area contributed by atoms with E-state index in [0.29, 0.717) is 11.5 Å². The van der Waals surface area contributed by atoms with Gasteiger partial charge in [0.25, 0.3) is 0 Å². The lowest BCUT2D eigenvalue weighted by Crippen LogP contribution is -2.44. The van der Waals surface area contributed by atoms with Crippen LogP contribution in [0.25, 0.3) is 0 Å². The fraction of sp³-hybridized carbons (Fsp3) is 0.316. The quantitative estimate of drug-likeness (QED) is 0.760. The number of nitrogens with zero attached hydrogens (tertiary/aromatic N) is 1. The second kappa shape index (κ2) is 8.33. The third-order valence-corrected chi connectivity index (χ3v) is 3.23. The zero-order chi connectivity index (χ0) is 19.2. The van der Waals surface area contributed by atoms with Crippen molar-refractivity contribution in [1.29, 1.82) is 0 Å². The van der Waals surface area contributed by atoms with E-state index in [2.05, 4.69) is 20.9 Å². The largest absolute Gasteiger partial charge is 0.444 e. The fourth-order valence-electron chi connectivity index (χ4n) is 2.06. The van der Waals surface area contributed by atoms with Crippen LogP contribution >= 0.6 is 0 Å². The van der Waals surface area contributed by atoms with Crippen LogP contribution in [0.1, 0.15) is 27.7 Å². The molecule has 7 nitrogen and oxygen atoms in total. The van der Waals surface area contributed by atoms with Gasteiger partial charge in [-0.05, 0) is 52.0 Å². The minimum absolute atomic E-state index is 0.374. The van der Waals surface area contributed by atoms with Crippen molar-refractivity contribution in [2.75, 3.05) is 10.6 Å². The number of anilines is 3. The van der Waals surface area contributed by atoms with Crippen molar-refractivity contribution >= 4 is 29.2 Å². The van der Waals surface area contributed by atoms with Gasteiger partial charge in [0.1, 0.15) is 11.6 Å². The monoisotopic (exact) mass is 356 g/mol. The molecule has 2 aromatic rings. The van der Waals surface area contributed by atoms with Crippen LogP contribution in [0.4, 0.5) is 22.0 Å². The zero-order valence-corrected chi connectivity index (χ0v) is 15.4. The predicted molar refractivity (Wildman–Crippen MR) is 101 cm³/mol. The molecule has 0 aliphatic heterocycles. The van der Waals surface area contributed by atoms with Gasteiger partial charge in [0.15, 0.2) is 5.82 Å². The average Bonchev–Trinajstić information content (AvgIpc) is 2.55. The van der Waals surface area contributed by atoms with Crippen LogP contribution in [0.3, 0.4) is 0 Å². The molecular formula is C19H24N4O3. The number of carbonyl (C=O) groups is 2. The molecule has 0 radical (unpaired) electrons. The van der Waals surface area contributed by atoms with Crippen molar-refractivity contribution in [3.63, 3.8) is 0 Å². The topological polar surface area (TPSA) is 92.3 Å². The van der Waals surface area contributed by atoms with Gasteiger partial charge in [-0.15, -0.1) is 0 Å². The molecule has 1 heterocycles. The van der Waals surface area contributed by atoms with Gasteiger partial charge < -0.3 is 20.7 Å². The third kappa shape index (κ3) is 6.08. The summed E-state index contributed by atoms with van der Waals surface area (Å²) in [6.07, 6.45) is 0.932. The van der Waals surface area contributed by atoms with Gasteiger partial charge in [0.05, 0.1) is 5.69 Å². The first-order valence-electron chi connectivity index (χ1n) is 8.32. The molecule has 1 unspecified atom stereocenters. The highest BCUT2D eigenvalue weighted by atomic mass is 16.6. The Morgan fingerprint density at radius 1 is 1.08 bits per heavy atom. The van der Waals surface area contributed by atoms with Gasteiger partial charge in [-0.2, -0.15) is 0 Å². The summed E-state index contributed by atoms with van der Waals surface area (Å²) in [5, 5.41) is 8.42. The van der Waals surface area contributed by atoms with Crippen molar-refractivity contribution in [3.8, 4) is 0 Å². The van der Waals surface area contributed by atoms with Gasteiger partial charge in [0.2, 0.25) is 5.91 Å². The van der Waals surface area contributed by atoms with E-state index in [1.807, 2.05) is 36.4 Å². The summed E-state index contributed by atoms with van der Waals surface area (Å²) in [5.41, 5.74) is 0.890. The summed E-state index contributed by atoms with van der Waals surface area (Å²) in [7, 11) is 0. The molecule has 0 aliphatic rings. The van der Waals surface area contributed by atoms with E-state index >= 15 is 0 Å². The molecule has 2 amide bonds. The zero-order valence-electron chi connectivity index (χ0n) is 15.4. The number of hydrogen-bond donors (Lipinski definition) is 3. The summed E-state index contributed by atoms with van der Waals surface area (Å²) in [6, 6.07) is 12.3. The molecule has 1 aromatic carbocycles. The maximum Gasteiger partial charge on any atom is 0.408 e. The highest BCUT2D eigenvalue weighted by Crippen LogP contribution is 2.23. The highest BCUT2D eigenvalue weighted by Gasteiger charge is 2.21. The minimum atomic E-state index is -0.781. The second-order valence-electron chi connectivity index (χ2n) is 6.75. The van der Waals surface area contributed by atoms with Crippen molar-refractivity contribution in [2.24, 2.45) is 0 Å². The van der Waals surface area contributed by atoms with Crippen LogP contribution in [0.2, 0.25) is 0 Å². The Hall–Kier alpha value is -3.09. The van der Waals surface area contributed by atoms with E-state index in [1.54, 1.807) is 40.0 Å². The summed E-state index contributed by atoms with van der Waals surface area (Å²) >= 11 is 0. The standard InChI is InChI=1S/C19H24N4O3/c1-13(21-18(25)26-19(2,3)4)17(24)23-16-15(11-8-12-20-16)22-14-9-6-5-7-10-14/h5-13,22H,1-4H3,(H,21,25)(H,20,23,24). The maximum atomic E-state index is 12.4. The summed E-state index contributed by atoms with van der Waals surface area (Å²) in [4.78, 5) is 28.4. The Kier molecular flexibility index (Phi) is 6.16. The summed E-state index contributed by atoms with van der Waals surface area (Å²) < 4.78 is 5.15. The van der Waals surface area contributed by atoms with Gasteiger partial charge in [-0.3, -0.25) is 4.79 Å². The van der Waals surface area contributed by atoms with Crippen LogP contribution in [-0.4, -0.2) is 28.6 Å². The molecule has 26 heavy (non-hydrogen) atoms. The lowest BCUT2D eigenvalue weighted by molar-refractivity contribution is -0.117. The van der Waals surface area contributed by atoms with Gasteiger partial charge in [0, 0.05) is 11.9 Å². The fourth-order valence-corrected chi connectivity index (χ4v) is 2.06. The number of rotatable bonds is 5. The molecule has 0 saturated carbocycles. The lowest BCUT2D eigenvalue weighted by atomic mass is 10.2. The Morgan fingerprint density at radius 3 is 2.42 bits per heavy atom. The Balaban J connectivity index is 2.01. The SMILES string of the molecule is CC(NC(=O)OC(C)(C)C)C(=O)Nc1ncccc1Nc1ccccc1. The molecule has 0 saturated heterocycles. The van der Waals surface area contributed by atoms with Crippen molar-refractivity contribution < 1.29 is 14.3 Å². The maximum absolute atomic E-state index is 12.4. The van der Waals surface area contributed by atoms with Crippen molar-refractivity contribution in [2.45, 2.75) is 39.3 Å². The number of ether oxygens (including phenoxy) is 1. The third-order valence-electron chi connectivity index (χ3n) is 3.23. The molecule has 0 bridgehead atoms. The van der Waals surface area contributed by atoms with Crippen LogP contribution in [-0.2, 0) is 9.53 Å². The smallest absolute Gasteiger partial charge is 0.408 e. The summed E-state index contributed by atoms with van der Waals surface area (Å²) in [5.74, 6) is -0.0233. The molecule has 138 valence electrons. The molecule has 1 aromatic heterocycles. The molecule has 0 aliphatic carbocycles. The summed E-state index contributed by atoms with van der Waals surface area (Å²) in [6.45, 7) is 6.85. The molecule has 7 heteroatoms. The Labute approximate surface area is 153 Å². The number of aromatic nitrogens is 1. The lowest BCUT2D eigenvalue weighted by Gasteiger charge is -2.21. The number of amides is 2. The molecule has 2 rings (SSSR count). The first-order valence-corrected chi connectivity index (χ1v) is 8.32. The molecule has 0 fully saturated rings. The van der Waals surface area contributed by atoms with E-state index in [4.69, 9.17) is 4.74 Å². The number of benzene rings is 1. The second-order valence-corrected chi connectivity index (χ2v) is 6.75. The number of alkyl carbamates (subject to hydrolysis) is 1. The van der Waals surface area contributed by atoms with Gasteiger partial charge >= 0.3 is 6.09 Å². The number of para-hydroxylation sites is 1. The van der Waals surface area contributed by atoms with Crippen LogP contribution in [0, 0.1) is 0 Å². The average molecular weight is 356 g/mol. The number of carbonyl (C=O) groups excluding carboxylic acids is 2. The highest BCUT2D eigenvalue weighted by molar-refractivity contribution is 5.98. The van der Waals surface area contributed by atoms with Crippen LogP contribution in [0.15, 0.2) is 48.7 Å². The molecule has 3 N–H and O–H groups in total. The first kappa shape index (κ1) is 19.2. The van der Waals surface area contributed by atoms with E-state index < -0.39 is 23.6 Å².